The largest absolute Gasteiger partial charge is 0.409 e. The topological polar surface area (TPSA) is 82.2 Å². The van der Waals surface area contributed by atoms with Gasteiger partial charge in [-0.1, -0.05) is 18.5 Å². The van der Waals surface area contributed by atoms with Gasteiger partial charge >= 0.3 is 0 Å². The van der Waals surface area contributed by atoms with E-state index in [-0.39, 0.29) is 11.7 Å². The minimum atomic E-state index is -0.733. The van der Waals surface area contributed by atoms with Crippen molar-refractivity contribution in [2.45, 2.75) is 39.2 Å². The third-order valence-electron chi connectivity index (χ3n) is 4.67. The molecule has 0 aromatic rings. The number of piperazine rings is 1. The molecular formula is C13H24N4O2. The Morgan fingerprint density at radius 1 is 1.47 bits per heavy atom. The third-order valence-corrected chi connectivity index (χ3v) is 4.67. The van der Waals surface area contributed by atoms with E-state index in [2.05, 4.69) is 23.9 Å². The van der Waals surface area contributed by atoms with Gasteiger partial charge in [0.15, 0.2) is 5.84 Å². The van der Waals surface area contributed by atoms with Crippen LogP contribution in [0.15, 0.2) is 5.16 Å². The van der Waals surface area contributed by atoms with Crippen LogP contribution in [0.25, 0.3) is 0 Å². The summed E-state index contributed by atoms with van der Waals surface area (Å²) in [5, 5.41) is 12.0. The van der Waals surface area contributed by atoms with E-state index in [0.29, 0.717) is 18.9 Å². The molecular weight excluding hydrogens is 244 g/mol. The number of rotatable bonds is 3. The fraction of sp³-hybridized carbons (Fsp3) is 0.846. The highest BCUT2D eigenvalue weighted by Gasteiger charge is 2.50. The molecule has 1 unspecified atom stereocenters. The Morgan fingerprint density at radius 2 is 2.16 bits per heavy atom. The third kappa shape index (κ3) is 2.29. The van der Waals surface area contributed by atoms with Gasteiger partial charge in [0.25, 0.3) is 0 Å². The standard InChI is InChI=1S/C13H24N4O2/c1-3-16-7-8-17(9-10(16)2)12(18)13(5-4-6-13)11(14)15-19/h10,19H,3-9H2,1-2H3,(H2,14,15). The number of hydrogen-bond donors (Lipinski definition) is 2. The van der Waals surface area contributed by atoms with E-state index in [1.807, 2.05) is 4.90 Å². The summed E-state index contributed by atoms with van der Waals surface area (Å²) < 4.78 is 0. The number of nitrogens with zero attached hydrogens (tertiary/aromatic N) is 3. The van der Waals surface area contributed by atoms with Crippen LogP contribution in [0.2, 0.25) is 0 Å². The molecule has 0 spiro atoms. The van der Waals surface area contributed by atoms with E-state index in [1.54, 1.807) is 0 Å². The van der Waals surface area contributed by atoms with Gasteiger partial charge in [-0.05, 0) is 26.3 Å². The van der Waals surface area contributed by atoms with E-state index < -0.39 is 5.41 Å². The number of hydrogen-bond acceptors (Lipinski definition) is 4. The molecule has 1 atom stereocenters. The van der Waals surface area contributed by atoms with Crippen LogP contribution in [0.4, 0.5) is 0 Å². The monoisotopic (exact) mass is 268 g/mol. The van der Waals surface area contributed by atoms with Crippen molar-refractivity contribution in [2.24, 2.45) is 16.3 Å². The van der Waals surface area contributed by atoms with E-state index in [1.165, 1.54) is 0 Å². The highest BCUT2D eigenvalue weighted by atomic mass is 16.4. The lowest BCUT2D eigenvalue weighted by Crippen LogP contribution is -2.60. The van der Waals surface area contributed by atoms with Crippen molar-refractivity contribution in [3.63, 3.8) is 0 Å². The zero-order valence-electron chi connectivity index (χ0n) is 11.8. The number of carbonyl (C=O) groups is 1. The zero-order chi connectivity index (χ0) is 14.0. The van der Waals surface area contributed by atoms with Crippen molar-refractivity contribution in [3.8, 4) is 0 Å². The average Bonchev–Trinajstić information content (AvgIpc) is 2.36. The predicted molar refractivity (Wildman–Crippen MR) is 73.0 cm³/mol. The molecule has 2 aliphatic rings. The summed E-state index contributed by atoms with van der Waals surface area (Å²) in [6.07, 6.45) is 2.36. The van der Waals surface area contributed by atoms with Gasteiger partial charge in [-0.3, -0.25) is 9.69 Å². The minimum absolute atomic E-state index is 0.0386. The highest BCUT2D eigenvalue weighted by Crippen LogP contribution is 2.43. The summed E-state index contributed by atoms with van der Waals surface area (Å²) in [7, 11) is 0. The first-order valence-electron chi connectivity index (χ1n) is 7.06. The number of carbonyl (C=O) groups excluding carboxylic acids is 1. The molecule has 3 N–H and O–H groups in total. The first kappa shape index (κ1) is 14.1. The van der Waals surface area contributed by atoms with Crippen LogP contribution in [-0.2, 0) is 4.79 Å². The number of amides is 1. The van der Waals surface area contributed by atoms with Crippen LogP contribution in [0.5, 0.6) is 0 Å². The normalized spacial score (nSPS) is 28.0. The van der Waals surface area contributed by atoms with Crippen molar-refractivity contribution >= 4 is 11.7 Å². The van der Waals surface area contributed by atoms with Gasteiger partial charge < -0.3 is 15.8 Å². The molecule has 0 aromatic carbocycles. The van der Waals surface area contributed by atoms with Crippen molar-refractivity contribution in [2.75, 3.05) is 26.2 Å². The van der Waals surface area contributed by atoms with Crippen molar-refractivity contribution in [1.82, 2.24) is 9.80 Å². The van der Waals surface area contributed by atoms with Gasteiger partial charge in [0.1, 0.15) is 5.41 Å². The predicted octanol–water partition coefficient (Wildman–Crippen LogP) is 0.456. The van der Waals surface area contributed by atoms with E-state index in [9.17, 15) is 4.79 Å². The number of nitrogens with two attached hydrogens (primary N) is 1. The number of amidine groups is 1. The number of oxime groups is 1. The summed E-state index contributed by atoms with van der Waals surface area (Å²) in [5.74, 6) is 0.117. The van der Waals surface area contributed by atoms with Crippen molar-refractivity contribution in [1.29, 1.82) is 0 Å². The Hall–Kier alpha value is -1.30. The van der Waals surface area contributed by atoms with E-state index in [4.69, 9.17) is 10.9 Å². The molecule has 0 aromatic heterocycles. The molecule has 108 valence electrons. The van der Waals surface area contributed by atoms with Crippen molar-refractivity contribution < 1.29 is 10.0 Å². The molecule has 1 aliphatic heterocycles. The first-order chi connectivity index (χ1) is 9.05. The summed E-state index contributed by atoms with van der Waals surface area (Å²) in [6.45, 7) is 7.65. The van der Waals surface area contributed by atoms with Crippen LogP contribution in [-0.4, -0.2) is 59.0 Å². The van der Waals surface area contributed by atoms with Gasteiger partial charge in [0.05, 0.1) is 0 Å². The summed E-state index contributed by atoms with van der Waals surface area (Å²) in [5.41, 5.74) is 5.02. The second kappa shape index (κ2) is 5.36. The second-order valence-electron chi connectivity index (χ2n) is 5.65. The molecule has 6 nitrogen and oxygen atoms in total. The molecule has 0 bridgehead atoms. The molecule has 1 saturated heterocycles. The quantitative estimate of drug-likeness (QED) is 0.337. The maximum atomic E-state index is 12.7. The maximum Gasteiger partial charge on any atom is 0.236 e. The minimum Gasteiger partial charge on any atom is -0.409 e. The van der Waals surface area contributed by atoms with Crippen molar-refractivity contribution in [3.05, 3.63) is 0 Å². The van der Waals surface area contributed by atoms with Gasteiger partial charge in [-0.2, -0.15) is 0 Å². The first-order valence-corrected chi connectivity index (χ1v) is 7.06. The Morgan fingerprint density at radius 3 is 2.58 bits per heavy atom. The molecule has 1 heterocycles. The van der Waals surface area contributed by atoms with Gasteiger partial charge in [0.2, 0.25) is 5.91 Å². The molecule has 2 fully saturated rings. The molecule has 0 radical (unpaired) electrons. The molecule has 19 heavy (non-hydrogen) atoms. The molecule has 1 aliphatic carbocycles. The Kier molecular flexibility index (Phi) is 3.99. The fourth-order valence-electron chi connectivity index (χ4n) is 3.16. The highest BCUT2D eigenvalue weighted by molar-refractivity contribution is 6.07. The fourth-order valence-corrected chi connectivity index (χ4v) is 3.16. The van der Waals surface area contributed by atoms with Gasteiger partial charge in [-0.15, -0.1) is 0 Å². The summed E-state index contributed by atoms with van der Waals surface area (Å²) >= 11 is 0. The summed E-state index contributed by atoms with van der Waals surface area (Å²) in [6, 6.07) is 0.368. The number of likely N-dealkylation sites (N-methyl/N-ethyl adjacent to an activating group) is 1. The summed E-state index contributed by atoms with van der Waals surface area (Å²) in [4.78, 5) is 16.9. The zero-order valence-corrected chi connectivity index (χ0v) is 11.8. The Balaban J connectivity index is 2.08. The Labute approximate surface area is 114 Å². The molecule has 1 saturated carbocycles. The Bertz CT molecular complexity index is 379. The lowest BCUT2D eigenvalue weighted by Gasteiger charge is -2.46. The van der Waals surface area contributed by atoms with Crippen LogP contribution in [0.1, 0.15) is 33.1 Å². The van der Waals surface area contributed by atoms with E-state index >= 15 is 0 Å². The molecule has 1 amide bonds. The van der Waals surface area contributed by atoms with Gasteiger partial charge in [0, 0.05) is 25.7 Å². The lowest BCUT2D eigenvalue weighted by atomic mass is 9.66. The van der Waals surface area contributed by atoms with Crippen LogP contribution in [0, 0.1) is 5.41 Å². The van der Waals surface area contributed by atoms with Gasteiger partial charge in [-0.25, -0.2) is 0 Å². The second-order valence-corrected chi connectivity index (χ2v) is 5.65. The molecule has 6 heteroatoms. The van der Waals surface area contributed by atoms with Crippen LogP contribution < -0.4 is 5.73 Å². The lowest BCUT2D eigenvalue weighted by molar-refractivity contribution is -0.145. The maximum absolute atomic E-state index is 12.7. The smallest absolute Gasteiger partial charge is 0.236 e. The van der Waals surface area contributed by atoms with Crippen LogP contribution >= 0.6 is 0 Å². The van der Waals surface area contributed by atoms with E-state index in [0.717, 1.165) is 32.6 Å². The molecule has 2 rings (SSSR count). The average molecular weight is 268 g/mol. The SMILES string of the molecule is CCN1CCN(C(=O)C2(C(N)=NO)CCC2)CC1C. The van der Waals surface area contributed by atoms with Crippen LogP contribution in [0.3, 0.4) is 0 Å².